The van der Waals surface area contributed by atoms with E-state index in [2.05, 4.69) is 10.1 Å². The molecule has 2 N–H and O–H groups in total. The number of nitrogens with one attached hydrogen (secondary N) is 1. The number of ether oxygens (including phenoxy) is 1. The highest BCUT2D eigenvalue weighted by atomic mass is 19.2. The minimum atomic E-state index is -1.14. The lowest BCUT2D eigenvalue weighted by atomic mass is 10.3. The van der Waals surface area contributed by atoms with E-state index in [9.17, 15) is 18.4 Å². The maximum absolute atomic E-state index is 12.7. The van der Waals surface area contributed by atoms with Crippen LogP contribution in [0.25, 0.3) is 0 Å². The molecule has 0 saturated carbocycles. The second-order valence-corrected chi connectivity index (χ2v) is 3.04. The SMILES string of the molecule is O=C(O)CCNC(=O)Oc1ccc(F)c(F)c1. The Kier molecular flexibility index (Phi) is 4.38. The summed E-state index contributed by atoms with van der Waals surface area (Å²) < 4.78 is 29.8. The van der Waals surface area contributed by atoms with Gasteiger partial charge in [-0.1, -0.05) is 0 Å². The molecule has 0 bridgehead atoms. The molecule has 0 aliphatic carbocycles. The molecule has 0 saturated heterocycles. The molecule has 0 radical (unpaired) electrons. The van der Waals surface area contributed by atoms with Crippen LogP contribution in [0.4, 0.5) is 13.6 Å². The molecule has 1 rings (SSSR count). The standard InChI is InChI=1S/C10H9F2NO4/c11-7-2-1-6(5-8(7)12)17-10(16)13-4-3-9(14)15/h1-2,5H,3-4H2,(H,13,16)(H,14,15). The van der Waals surface area contributed by atoms with Crippen LogP contribution < -0.4 is 10.1 Å². The fourth-order valence-electron chi connectivity index (χ4n) is 0.955. The van der Waals surface area contributed by atoms with Crippen molar-refractivity contribution in [2.75, 3.05) is 6.54 Å². The number of aliphatic carboxylic acids is 1. The maximum Gasteiger partial charge on any atom is 0.412 e. The monoisotopic (exact) mass is 245 g/mol. The molecule has 0 heterocycles. The van der Waals surface area contributed by atoms with Crippen molar-refractivity contribution in [1.29, 1.82) is 0 Å². The number of carboxylic acid groups (broad SMARTS) is 1. The summed E-state index contributed by atoms with van der Waals surface area (Å²) in [4.78, 5) is 21.2. The molecule has 0 unspecified atom stereocenters. The first-order valence-electron chi connectivity index (χ1n) is 4.61. The average Bonchev–Trinajstić information content (AvgIpc) is 2.23. The number of carboxylic acids is 1. The van der Waals surface area contributed by atoms with Crippen molar-refractivity contribution in [2.24, 2.45) is 0 Å². The van der Waals surface area contributed by atoms with E-state index < -0.39 is 23.7 Å². The Morgan fingerprint density at radius 1 is 1.29 bits per heavy atom. The van der Waals surface area contributed by atoms with Gasteiger partial charge in [0.1, 0.15) is 5.75 Å². The Hall–Kier alpha value is -2.18. The van der Waals surface area contributed by atoms with Gasteiger partial charge in [0.25, 0.3) is 0 Å². The van der Waals surface area contributed by atoms with Gasteiger partial charge in [0.05, 0.1) is 6.42 Å². The van der Waals surface area contributed by atoms with E-state index in [0.717, 1.165) is 12.1 Å². The maximum atomic E-state index is 12.7. The van der Waals surface area contributed by atoms with Gasteiger partial charge in [-0.05, 0) is 12.1 Å². The van der Waals surface area contributed by atoms with Crippen LogP contribution in [0, 0.1) is 11.6 Å². The first-order chi connectivity index (χ1) is 7.99. The Bertz CT molecular complexity index is 436. The molecule has 5 nitrogen and oxygen atoms in total. The van der Waals surface area contributed by atoms with Crippen LogP contribution in [-0.2, 0) is 4.79 Å². The molecule has 0 aromatic heterocycles. The Labute approximate surface area is 95.0 Å². The summed E-state index contributed by atoms with van der Waals surface area (Å²) in [5.74, 6) is -3.43. The number of hydrogen-bond donors (Lipinski definition) is 2. The summed E-state index contributed by atoms with van der Waals surface area (Å²) in [7, 11) is 0. The predicted molar refractivity (Wildman–Crippen MR) is 52.6 cm³/mol. The smallest absolute Gasteiger partial charge is 0.412 e. The molecule has 1 amide bonds. The lowest BCUT2D eigenvalue weighted by Gasteiger charge is -2.05. The number of benzene rings is 1. The molecular weight excluding hydrogens is 236 g/mol. The van der Waals surface area contributed by atoms with Gasteiger partial charge in [-0.3, -0.25) is 4.79 Å². The summed E-state index contributed by atoms with van der Waals surface area (Å²) in [6.07, 6.45) is -1.19. The molecule has 0 atom stereocenters. The highest BCUT2D eigenvalue weighted by Gasteiger charge is 2.08. The van der Waals surface area contributed by atoms with E-state index in [1.165, 1.54) is 0 Å². The third-order valence-corrected chi connectivity index (χ3v) is 1.71. The quantitative estimate of drug-likeness (QED) is 0.843. The number of amides is 1. The summed E-state index contributed by atoms with van der Waals surface area (Å²) in [6.45, 7) is -0.113. The average molecular weight is 245 g/mol. The third kappa shape index (κ3) is 4.45. The van der Waals surface area contributed by atoms with Crippen molar-refractivity contribution >= 4 is 12.1 Å². The number of halogens is 2. The first kappa shape index (κ1) is 12.9. The number of carbonyl (C=O) groups excluding carboxylic acids is 1. The van der Waals surface area contributed by atoms with Gasteiger partial charge in [0.15, 0.2) is 11.6 Å². The Morgan fingerprint density at radius 2 is 2.00 bits per heavy atom. The zero-order valence-corrected chi connectivity index (χ0v) is 8.57. The second kappa shape index (κ2) is 5.78. The summed E-state index contributed by atoms with van der Waals surface area (Å²) >= 11 is 0. The van der Waals surface area contributed by atoms with Crippen LogP contribution in [0.5, 0.6) is 5.75 Å². The lowest BCUT2D eigenvalue weighted by molar-refractivity contribution is -0.136. The molecule has 0 aliphatic rings. The molecule has 17 heavy (non-hydrogen) atoms. The molecule has 0 spiro atoms. The summed E-state index contributed by atoms with van der Waals surface area (Å²) in [5.41, 5.74) is 0. The molecule has 0 aliphatic heterocycles. The third-order valence-electron chi connectivity index (χ3n) is 1.71. The Balaban J connectivity index is 2.45. The largest absolute Gasteiger partial charge is 0.481 e. The number of hydrogen-bond acceptors (Lipinski definition) is 3. The van der Waals surface area contributed by atoms with Crippen molar-refractivity contribution in [2.45, 2.75) is 6.42 Å². The van der Waals surface area contributed by atoms with Crippen LogP contribution in [0.1, 0.15) is 6.42 Å². The van der Waals surface area contributed by atoms with Gasteiger partial charge >= 0.3 is 12.1 Å². The fraction of sp³-hybridized carbons (Fsp3) is 0.200. The van der Waals surface area contributed by atoms with E-state index in [1.807, 2.05) is 0 Å². The highest BCUT2D eigenvalue weighted by Crippen LogP contribution is 2.15. The normalized spacial score (nSPS) is 9.76. The van der Waals surface area contributed by atoms with Crippen molar-refractivity contribution in [3.8, 4) is 5.75 Å². The summed E-state index contributed by atoms with van der Waals surface area (Å²) in [5, 5.41) is 10.4. The molecule has 0 fully saturated rings. The van der Waals surface area contributed by atoms with Crippen LogP contribution in [0.3, 0.4) is 0 Å². The van der Waals surface area contributed by atoms with E-state index in [1.54, 1.807) is 0 Å². The second-order valence-electron chi connectivity index (χ2n) is 3.04. The number of carbonyl (C=O) groups is 2. The van der Waals surface area contributed by atoms with Gasteiger partial charge in [0, 0.05) is 12.6 Å². The van der Waals surface area contributed by atoms with Crippen molar-refractivity contribution in [3.05, 3.63) is 29.8 Å². The molecule has 92 valence electrons. The van der Waals surface area contributed by atoms with E-state index in [0.29, 0.717) is 6.07 Å². The van der Waals surface area contributed by atoms with Gasteiger partial charge in [0.2, 0.25) is 0 Å². The first-order valence-corrected chi connectivity index (χ1v) is 4.61. The van der Waals surface area contributed by atoms with E-state index in [4.69, 9.17) is 5.11 Å². The van der Waals surface area contributed by atoms with Crippen LogP contribution >= 0.6 is 0 Å². The van der Waals surface area contributed by atoms with Crippen molar-refractivity contribution < 1.29 is 28.2 Å². The highest BCUT2D eigenvalue weighted by molar-refractivity contribution is 5.72. The lowest BCUT2D eigenvalue weighted by Crippen LogP contribution is -2.28. The van der Waals surface area contributed by atoms with Crippen LogP contribution in [0.15, 0.2) is 18.2 Å². The molecule has 1 aromatic rings. The minimum absolute atomic E-state index is 0.113. The number of rotatable bonds is 4. The van der Waals surface area contributed by atoms with Gasteiger partial charge < -0.3 is 15.2 Å². The van der Waals surface area contributed by atoms with Gasteiger partial charge in [-0.25, -0.2) is 13.6 Å². The van der Waals surface area contributed by atoms with E-state index >= 15 is 0 Å². The zero-order chi connectivity index (χ0) is 12.8. The molecular formula is C10H9F2NO4. The zero-order valence-electron chi connectivity index (χ0n) is 8.57. The van der Waals surface area contributed by atoms with Gasteiger partial charge in [-0.2, -0.15) is 0 Å². The Morgan fingerprint density at radius 3 is 2.59 bits per heavy atom. The van der Waals surface area contributed by atoms with Crippen molar-refractivity contribution in [1.82, 2.24) is 5.32 Å². The van der Waals surface area contributed by atoms with Crippen LogP contribution in [0.2, 0.25) is 0 Å². The van der Waals surface area contributed by atoms with Gasteiger partial charge in [-0.15, -0.1) is 0 Å². The predicted octanol–water partition coefficient (Wildman–Crippen LogP) is 1.53. The molecule has 1 aromatic carbocycles. The van der Waals surface area contributed by atoms with Crippen molar-refractivity contribution in [3.63, 3.8) is 0 Å². The fourth-order valence-corrected chi connectivity index (χ4v) is 0.955. The van der Waals surface area contributed by atoms with E-state index in [-0.39, 0.29) is 18.7 Å². The van der Waals surface area contributed by atoms with Crippen LogP contribution in [-0.4, -0.2) is 23.7 Å². The minimum Gasteiger partial charge on any atom is -0.481 e. The summed E-state index contributed by atoms with van der Waals surface area (Å²) in [6, 6.07) is 2.61. The molecule has 7 heteroatoms. The topological polar surface area (TPSA) is 75.6 Å².